The molecular weight excluding hydrogens is 180 g/mol. The van der Waals surface area contributed by atoms with Gasteiger partial charge in [-0.2, -0.15) is 0 Å². The highest BCUT2D eigenvalue weighted by atomic mass is 13.9. The molecule has 82 valence electrons. The van der Waals surface area contributed by atoms with Gasteiger partial charge in [-0.15, -0.1) is 0 Å². The lowest BCUT2D eigenvalue weighted by Crippen LogP contribution is -1.74. The highest BCUT2D eigenvalue weighted by Gasteiger charge is 1.81. The van der Waals surface area contributed by atoms with Gasteiger partial charge in [-0.25, -0.2) is 0 Å². The molecule has 1 rings (SSSR count). The Hall–Kier alpha value is -1.30. The second-order valence-electron chi connectivity index (χ2n) is 3.40. The van der Waals surface area contributed by atoms with E-state index in [2.05, 4.69) is 50.3 Å². The Morgan fingerprint density at radius 3 is 2.07 bits per heavy atom. The van der Waals surface area contributed by atoms with Gasteiger partial charge in [-0.3, -0.25) is 0 Å². The van der Waals surface area contributed by atoms with Crippen LogP contribution < -0.4 is 0 Å². The highest BCUT2D eigenvalue weighted by Crippen LogP contribution is 2.01. The molecule has 15 heavy (non-hydrogen) atoms. The van der Waals surface area contributed by atoms with Crippen LogP contribution >= 0.6 is 0 Å². The number of allylic oxidation sites excluding steroid dienone is 3. The molecule has 0 unspecified atom stereocenters. The van der Waals surface area contributed by atoms with E-state index in [1.165, 1.54) is 5.56 Å². The fraction of sp³-hybridized carbons (Fsp3) is 0.333. The lowest BCUT2D eigenvalue weighted by molar-refractivity contribution is 0.832. The van der Waals surface area contributed by atoms with Crippen molar-refractivity contribution in [1.29, 1.82) is 0 Å². The Bertz CT molecular complexity index is 278. The van der Waals surface area contributed by atoms with Crippen LogP contribution in [-0.2, 0) is 0 Å². The van der Waals surface area contributed by atoms with E-state index >= 15 is 0 Å². The summed E-state index contributed by atoms with van der Waals surface area (Å²) in [5, 5.41) is 0. The zero-order chi connectivity index (χ0) is 11.5. The first-order valence-electron chi connectivity index (χ1n) is 5.69. The first-order valence-corrected chi connectivity index (χ1v) is 5.69. The van der Waals surface area contributed by atoms with Crippen LogP contribution in [0.4, 0.5) is 0 Å². The number of hydrogen-bond acceptors (Lipinski definition) is 0. The second-order valence-corrected chi connectivity index (χ2v) is 3.40. The summed E-state index contributed by atoms with van der Waals surface area (Å²) in [6.07, 6.45) is 8.46. The Balaban J connectivity index is 0.000000921. The zero-order valence-corrected chi connectivity index (χ0v) is 10.3. The molecule has 0 saturated carbocycles. The van der Waals surface area contributed by atoms with Gasteiger partial charge in [0, 0.05) is 0 Å². The van der Waals surface area contributed by atoms with Gasteiger partial charge in [0.2, 0.25) is 0 Å². The van der Waals surface area contributed by atoms with Crippen LogP contribution in [0.2, 0.25) is 0 Å². The molecule has 0 aliphatic carbocycles. The molecule has 1 aromatic rings. The average Bonchev–Trinajstić information content (AvgIpc) is 2.28. The van der Waals surface area contributed by atoms with Gasteiger partial charge in [0.25, 0.3) is 0 Å². The van der Waals surface area contributed by atoms with Crippen molar-refractivity contribution in [3.8, 4) is 0 Å². The SMILES string of the molecule is CC.CC(C)/C=C\C=C\c1ccccc1. The second kappa shape index (κ2) is 9.26. The smallest absolute Gasteiger partial charge is 0.0257 e. The number of rotatable bonds is 3. The maximum absolute atomic E-state index is 2.18. The molecule has 0 aromatic heterocycles. The molecule has 0 spiro atoms. The number of hydrogen-bond donors (Lipinski definition) is 0. The van der Waals surface area contributed by atoms with E-state index < -0.39 is 0 Å². The lowest BCUT2D eigenvalue weighted by atomic mass is 10.2. The average molecular weight is 202 g/mol. The fourth-order valence-corrected chi connectivity index (χ4v) is 1.02. The number of benzene rings is 1. The predicted molar refractivity (Wildman–Crippen MR) is 70.8 cm³/mol. The van der Waals surface area contributed by atoms with Gasteiger partial charge in [-0.1, -0.05) is 82.3 Å². The molecule has 0 atom stereocenters. The zero-order valence-electron chi connectivity index (χ0n) is 10.3. The van der Waals surface area contributed by atoms with Gasteiger partial charge in [0.15, 0.2) is 0 Å². The Labute approximate surface area is 94.3 Å². The Morgan fingerprint density at radius 2 is 1.53 bits per heavy atom. The van der Waals surface area contributed by atoms with Gasteiger partial charge >= 0.3 is 0 Å². The first kappa shape index (κ1) is 13.7. The maximum atomic E-state index is 2.18. The molecule has 0 aliphatic rings. The summed E-state index contributed by atoms with van der Waals surface area (Å²) in [7, 11) is 0. The summed E-state index contributed by atoms with van der Waals surface area (Å²) in [6, 6.07) is 10.3. The third kappa shape index (κ3) is 7.75. The molecule has 0 radical (unpaired) electrons. The van der Waals surface area contributed by atoms with E-state index in [9.17, 15) is 0 Å². The molecule has 0 heterocycles. The fourth-order valence-electron chi connectivity index (χ4n) is 1.02. The molecular formula is C15H22. The Morgan fingerprint density at radius 1 is 0.933 bits per heavy atom. The van der Waals surface area contributed by atoms with Crippen molar-refractivity contribution in [3.63, 3.8) is 0 Å². The van der Waals surface area contributed by atoms with Crippen molar-refractivity contribution in [2.75, 3.05) is 0 Å². The van der Waals surface area contributed by atoms with Crippen LogP contribution in [-0.4, -0.2) is 0 Å². The van der Waals surface area contributed by atoms with Crippen LogP contribution in [0.1, 0.15) is 33.3 Å². The van der Waals surface area contributed by atoms with Crippen molar-refractivity contribution >= 4 is 6.08 Å². The van der Waals surface area contributed by atoms with Crippen LogP contribution in [0.15, 0.2) is 48.6 Å². The van der Waals surface area contributed by atoms with E-state index in [0.29, 0.717) is 5.92 Å². The molecule has 0 aliphatic heterocycles. The third-order valence-corrected chi connectivity index (χ3v) is 1.70. The van der Waals surface area contributed by atoms with Crippen molar-refractivity contribution < 1.29 is 0 Å². The van der Waals surface area contributed by atoms with Crippen LogP contribution in [0.5, 0.6) is 0 Å². The quantitative estimate of drug-likeness (QED) is 0.609. The minimum absolute atomic E-state index is 0.625. The van der Waals surface area contributed by atoms with Gasteiger partial charge in [0.1, 0.15) is 0 Å². The molecule has 0 amide bonds. The largest absolute Gasteiger partial charge is 0.0820 e. The van der Waals surface area contributed by atoms with E-state index in [-0.39, 0.29) is 0 Å². The standard InChI is InChI=1S/C13H16.C2H6/c1-12(2)8-6-7-11-13-9-4-3-5-10-13;1-2/h3-12H,1-2H3;1-2H3/b8-6-,11-7+;. The molecule has 0 fully saturated rings. The maximum Gasteiger partial charge on any atom is -0.0257 e. The minimum atomic E-state index is 0.625. The first-order chi connectivity index (χ1) is 7.29. The normalized spacial score (nSPS) is 10.7. The lowest BCUT2D eigenvalue weighted by Gasteiger charge is -1.90. The molecule has 0 N–H and O–H groups in total. The van der Waals surface area contributed by atoms with Crippen molar-refractivity contribution in [2.24, 2.45) is 5.92 Å². The Kier molecular flexibility index (Phi) is 8.46. The monoisotopic (exact) mass is 202 g/mol. The van der Waals surface area contributed by atoms with Gasteiger partial charge in [0.05, 0.1) is 0 Å². The predicted octanol–water partition coefficient (Wildman–Crippen LogP) is 4.94. The van der Waals surface area contributed by atoms with Gasteiger partial charge < -0.3 is 0 Å². The minimum Gasteiger partial charge on any atom is -0.0820 e. The summed E-state index contributed by atoms with van der Waals surface area (Å²) in [6.45, 7) is 8.35. The molecule has 0 nitrogen and oxygen atoms in total. The van der Waals surface area contributed by atoms with E-state index in [1.807, 2.05) is 32.0 Å². The van der Waals surface area contributed by atoms with Crippen LogP contribution in [0, 0.1) is 5.92 Å². The summed E-state index contributed by atoms with van der Waals surface area (Å²) in [5.74, 6) is 0.625. The summed E-state index contributed by atoms with van der Waals surface area (Å²) >= 11 is 0. The summed E-state index contributed by atoms with van der Waals surface area (Å²) < 4.78 is 0. The van der Waals surface area contributed by atoms with Crippen LogP contribution in [0.25, 0.3) is 6.08 Å². The van der Waals surface area contributed by atoms with Crippen molar-refractivity contribution in [2.45, 2.75) is 27.7 Å². The molecule has 0 heteroatoms. The van der Waals surface area contributed by atoms with E-state index in [4.69, 9.17) is 0 Å². The summed E-state index contributed by atoms with van der Waals surface area (Å²) in [4.78, 5) is 0. The van der Waals surface area contributed by atoms with Crippen molar-refractivity contribution in [3.05, 3.63) is 54.1 Å². The summed E-state index contributed by atoms with van der Waals surface area (Å²) in [5.41, 5.74) is 1.25. The molecule has 1 aromatic carbocycles. The van der Waals surface area contributed by atoms with E-state index in [0.717, 1.165) is 0 Å². The van der Waals surface area contributed by atoms with Crippen LogP contribution in [0.3, 0.4) is 0 Å². The van der Waals surface area contributed by atoms with Gasteiger partial charge in [-0.05, 0) is 11.5 Å². The molecule has 0 bridgehead atoms. The highest BCUT2D eigenvalue weighted by molar-refractivity contribution is 5.50. The van der Waals surface area contributed by atoms with Crippen molar-refractivity contribution in [1.82, 2.24) is 0 Å². The van der Waals surface area contributed by atoms with E-state index in [1.54, 1.807) is 0 Å². The topological polar surface area (TPSA) is 0 Å². The third-order valence-electron chi connectivity index (χ3n) is 1.70. The molecule has 0 saturated heterocycles.